The normalized spacial score (nSPS) is 15.2. The number of methoxy groups -OCH3 is 3. The lowest BCUT2D eigenvalue weighted by Gasteiger charge is -2.28. The van der Waals surface area contributed by atoms with Crippen LogP contribution >= 0.6 is 0 Å². The van der Waals surface area contributed by atoms with Crippen LogP contribution in [0.1, 0.15) is 18.5 Å². The van der Waals surface area contributed by atoms with E-state index < -0.39 is 11.9 Å². The van der Waals surface area contributed by atoms with Gasteiger partial charge in [-0.05, 0) is 36.8 Å². The van der Waals surface area contributed by atoms with Gasteiger partial charge >= 0.3 is 0 Å². The third-order valence-electron chi connectivity index (χ3n) is 5.06. The van der Waals surface area contributed by atoms with Gasteiger partial charge in [0.05, 0.1) is 26.9 Å². The fraction of sp³-hybridized carbons (Fsp3) is 0.238. The summed E-state index contributed by atoms with van der Waals surface area (Å²) in [5, 5.41) is 7.79. The van der Waals surface area contributed by atoms with E-state index in [-0.39, 0.29) is 0 Å². The summed E-state index contributed by atoms with van der Waals surface area (Å²) in [7, 11) is 4.59. The predicted octanol–water partition coefficient (Wildman–Crippen LogP) is 2.14. The maximum Gasteiger partial charge on any atom is 0.248 e. The second-order valence-corrected chi connectivity index (χ2v) is 6.83. The standard InChI is InChI=1S/C21H22N6O4/c1-11-16(19(22)28)17(13-9-14(29-2)18(31-4)15(10-13)30-3)27-21(24-11)25-20(26-27)12-5-7-23-8-6-12/h5-10,17H,1-4H3,(H2,22,28)(H,24,25,26)/t17-/m1/s1. The zero-order chi connectivity index (χ0) is 22.1. The number of amides is 1. The summed E-state index contributed by atoms with van der Waals surface area (Å²) in [6.45, 7) is 1.77. The molecule has 0 saturated heterocycles. The number of hydrogen-bond acceptors (Lipinski definition) is 8. The molecule has 1 aromatic carbocycles. The number of nitrogens with one attached hydrogen (secondary N) is 1. The number of pyridine rings is 1. The minimum absolute atomic E-state index is 0.355. The molecule has 0 unspecified atom stereocenters. The highest BCUT2D eigenvalue weighted by Crippen LogP contribution is 2.43. The van der Waals surface area contributed by atoms with Crippen LogP contribution in [0.15, 0.2) is 47.9 Å². The van der Waals surface area contributed by atoms with Crippen molar-refractivity contribution in [1.29, 1.82) is 0 Å². The van der Waals surface area contributed by atoms with Crippen molar-refractivity contribution in [2.75, 3.05) is 26.6 Å². The number of carbonyl (C=O) groups is 1. The highest BCUT2D eigenvalue weighted by molar-refractivity contribution is 5.95. The van der Waals surface area contributed by atoms with E-state index in [1.807, 2.05) is 12.1 Å². The first-order valence-electron chi connectivity index (χ1n) is 9.43. The van der Waals surface area contributed by atoms with Crippen molar-refractivity contribution >= 4 is 11.9 Å². The summed E-state index contributed by atoms with van der Waals surface area (Å²) in [6, 6.07) is 6.51. The van der Waals surface area contributed by atoms with Gasteiger partial charge in [-0.2, -0.15) is 4.98 Å². The van der Waals surface area contributed by atoms with Gasteiger partial charge in [0.25, 0.3) is 0 Å². The summed E-state index contributed by atoms with van der Waals surface area (Å²) in [6.07, 6.45) is 3.33. The van der Waals surface area contributed by atoms with Gasteiger partial charge in [-0.15, -0.1) is 5.10 Å². The van der Waals surface area contributed by atoms with Crippen molar-refractivity contribution in [3.8, 4) is 28.6 Å². The molecule has 10 heteroatoms. The Labute approximate surface area is 178 Å². The van der Waals surface area contributed by atoms with E-state index in [4.69, 9.17) is 19.9 Å². The molecule has 0 aliphatic carbocycles. The van der Waals surface area contributed by atoms with Gasteiger partial charge in [0.15, 0.2) is 17.3 Å². The lowest BCUT2D eigenvalue weighted by molar-refractivity contribution is -0.115. The summed E-state index contributed by atoms with van der Waals surface area (Å²) in [5.74, 6) is 1.74. The van der Waals surface area contributed by atoms with Crippen LogP contribution in [0.4, 0.5) is 5.95 Å². The molecule has 4 rings (SSSR count). The van der Waals surface area contributed by atoms with Gasteiger partial charge in [-0.25, -0.2) is 4.68 Å². The molecular formula is C21H22N6O4. The Hall–Kier alpha value is -4.08. The summed E-state index contributed by atoms with van der Waals surface area (Å²) < 4.78 is 18.0. The Kier molecular flexibility index (Phi) is 5.20. The number of rotatable bonds is 6. The number of benzene rings is 1. The molecule has 1 atom stereocenters. The highest BCUT2D eigenvalue weighted by atomic mass is 16.5. The van der Waals surface area contributed by atoms with Crippen molar-refractivity contribution in [2.24, 2.45) is 5.73 Å². The predicted molar refractivity (Wildman–Crippen MR) is 113 cm³/mol. The number of primary amides is 1. The van der Waals surface area contributed by atoms with Crippen LogP contribution in [0.2, 0.25) is 0 Å². The van der Waals surface area contributed by atoms with E-state index in [1.165, 1.54) is 21.3 Å². The molecule has 10 nitrogen and oxygen atoms in total. The van der Waals surface area contributed by atoms with Gasteiger partial charge in [-0.3, -0.25) is 9.78 Å². The maximum atomic E-state index is 12.4. The first kappa shape index (κ1) is 20.2. The van der Waals surface area contributed by atoms with Crippen LogP contribution in [0.5, 0.6) is 17.2 Å². The highest BCUT2D eigenvalue weighted by Gasteiger charge is 2.34. The first-order chi connectivity index (χ1) is 15.0. The summed E-state index contributed by atoms with van der Waals surface area (Å²) >= 11 is 0. The van der Waals surface area contributed by atoms with Crippen molar-refractivity contribution in [2.45, 2.75) is 13.0 Å². The van der Waals surface area contributed by atoms with E-state index in [0.29, 0.717) is 45.9 Å². The fourth-order valence-electron chi connectivity index (χ4n) is 3.66. The number of nitrogens with two attached hydrogens (primary N) is 1. The molecule has 3 aromatic rings. The van der Waals surface area contributed by atoms with E-state index in [0.717, 1.165) is 5.56 Å². The third-order valence-corrected chi connectivity index (χ3v) is 5.06. The summed E-state index contributed by atoms with van der Waals surface area (Å²) in [5.41, 5.74) is 8.18. The van der Waals surface area contributed by atoms with E-state index in [1.54, 1.807) is 36.1 Å². The van der Waals surface area contributed by atoms with E-state index in [2.05, 4.69) is 20.4 Å². The second kappa shape index (κ2) is 7.98. The van der Waals surface area contributed by atoms with Crippen LogP contribution in [0, 0.1) is 0 Å². The molecule has 3 N–H and O–H groups in total. The SMILES string of the molecule is COc1cc([C@@H]2C(C(N)=O)=C(C)Nc3nc(-c4ccncc4)nn32)cc(OC)c1OC. The minimum Gasteiger partial charge on any atom is -0.493 e. The molecular weight excluding hydrogens is 400 g/mol. The molecule has 1 amide bonds. The van der Waals surface area contributed by atoms with Gasteiger partial charge in [0, 0.05) is 23.7 Å². The van der Waals surface area contributed by atoms with Gasteiger partial charge in [0.1, 0.15) is 6.04 Å². The molecule has 1 aliphatic heterocycles. The number of hydrogen-bond donors (Lipinski definition) is 2. The van der Waals surface area contributed by atoms with Crippen molar-refractivity contribution in [3.63, 3.8) is 0 Å². The lowest BCUT2D eigenvalue weighted by Crippen LogP contribution is -2.31. The second-order valence-electron chi connectivity index (χ2n) is 6.83. The monoisotopic (exact) mass is 422 g/mol. The smallest absolute Gasteiger partial charge is 0.248 e. The largest absolute Gasteiger partial charge is 0.493 e. The Morgan fingerprint density at radius 1 is 1.10 bits per heavy atom. The average Bonchev–Trinajstić information content (AvgIpc) is 3.21. The molecule has 0 saturated carbocycles. The number of fused-ring (bicyclic) bond motifs is 1. The number of nitrogens with zero attached hydrogens (tertiary/aromatic N) is 4. The minimum atomic E-state index is -0.648. The number of aromatic nitrogens is 4. The average molecular weight is 422 g/mol. The fourth-order valence-corrected chi connectivity index (χ4v) is 3.66. The zero-order valence-corrected chi connectivity index (χ0v) is 17.5. The Balaban J connectivity index is 1.94. The number of allylic oxidation sites excluding steroid dienone is 1. The molecule has 160 valence electrons. The number of ether oxygens (including phenoxy) is 3. The van der Waals surface area contributed by atoms with E-state index in [9.17, 15) is 4.79 Å². The van der Waals surface area contributed by atoms with Crippen LogP contribution < -0.4 is 25.3 Å². The zero-order valence-electron chi connectivity index (χ0n) is 17.5. The van der Waals surface area contributed by atoms with Crippen LogP contribution in [-0.4, -0.2) is 47.0 Å². The molecule has 0 bridgehead atoms. The van der Waals surface area contributed by atoms with Crippen LogP contribution in [0.25, 0.3) is 11.4 Å². The lowest BCUT2D eigenvalue weighted by atomic mass is 9.94. The van der Waals surface area contributed by atoms with E-state index >= 15 is 0 Å². The van der Waals surface area contributed by atoms with Crippen molar-refractivity contribution in [3.05, 3.63) is 53.5 Å². The van der Waals surface area contributed by atoms with Crippen molar-refractivity contribution in [1.82, 2.24) is 19.7 Å². The Morgan fingerprint density at radius 3 is 2.29 bits per heavy atom. The molecule has 0 radical (unpaired) electrons. The van der Waals surface area contributed by atoms with Gasteiger partial charge < -0.3 is 25.3 Å². The van der Waals surface area contributed by atoms with Gasteiger partial charge in [-0.1, -0.05) is 0 Å². The molecule has 0 fully saturated rings. The van der Waals surface area contributed by atoms with Crippen LogP contribution in [0.3, 0.4) is 0 Å². The number of carbonyl (C=O) groups excluding carboxylic acids is 1. The molecule has 1 aliphatic rings. The molecule has 3 heterocycles. The quantitative estimate of drug-likeness (QED) is 0.619. The first-order valence-corrected chi connectivity index (χ1v) is 9.43. The number of anilines is 1. The van der Waals surface area contributed by atoms with Crippen LogP contribution in [-0.2, 0) is 4.79 Å². The maximum absolute atomic E-state index is 12.4. The van der Waals surface area contributed by atoms with Gasteiger partial charge in [0.2, 0.25) is 17.6 Å². The molecule has 2 aromatic heterocycles. The molecule has 0 spiro atoms. The third kappa shape index (κ3) is 3.41. The Bertz CT molecular complexity index is 1150. The Morgan fingerprint density at radius 2 is 1.74 bits per heavy atom. The summed E-state index contributed by atoms with van der Waals surface area (Å²) in [4.78, 5) is 21.1. The van der Waals surface area contributed by atoms with Crippen molar-refractivity contribution < 1.29 is 19.0 Å². The topological polar surface area (TPSA) is 126 Å². The molecule has 31 heavy (non-hydrogen) atoms.